The Kier molecular flexibility index (Phi) is 6.76. The van der Waals surface area contributed by atoms with Crippen LogP contribution in [0.5, 0.6) is 0 Å². The first kappa shape index (κ1) is 21.6. The number of hydrogen-bond donors (Lipinski definition) is 1. The van der Waals surface area contributed by atoms with Crippen LogP contribution >= 0.6 is 46.4 Å². The molecule has 0 radical (unpaired) electrons. The van der Waals surface area contributed by atoms with Crippen LogP contribution in [0.25, 0.3) is 0 Å². The van der Waals surface area contributed by atoms with Crippen LogP contribution < -0.4 is 5.32 Å². The van der Waals surface area contributed by atoms with Crippen LogP contribution in [0, 0.1) is 0 Å². The molecule has 1 saturated heterocycles. The molecule has 11 heteroatoms. The SMILES string of the molecule is O=C(Nc1ccc(Cl)c(Cl)c1)c1cc(S(=O)(=O)N2CCOCC2)c(Cl)cc1Cl. The number of hydrogen-bond acceptors (Lipinski definition) is 4. The second-order valence-electron chi connectivity index (χ2n) is 5.86. The van der Waals surface area contributed by atoms with Gasteiger partial charge < -0.3 is 10.1 Å². The maximum Gasteiger partial charge on any atom is 0.257 e. The number of carbonyl (C=O) groups is 1. The van der Waals surface area contributed by atoms with Crippen LogP contribution in [0.1, 0.15) is 10.4 Å². The molecule has 1 N–H and O–H groups in total. The van der Waals surface area contributed by atoms with Gasteiger partial charge >= 0.3 is 0 Å². The molecule has 0 aromatic heterocycles. The van der Waals surface area contributed by atoms with Gasteiger partial charge in [0.05, 0.1) is 38.9 Å². The Labute approximate surface area is 182 Å². The van der Waals surface area contributed by atoms with Gasteiger partial charge in [-0.15, -0.1) is 0 Å². The number of ether oxygens (including phenoxy) is 1. The number of rotatable bonds is 4. The number of halogens is 4. The van der Waals surface area contributed by atoms with E-state index in [4.69, 9.17) is 51.1 Å². The van der Waals surface area contributed by atoms with Crippen LogP contribution in [0.3, 0.4) is 0 Å². The van der Waals surface area contributed by atoms with Crippen molar-refractivity contribution in [2.24, 2.45) is 0 Å². The second-order valence-corrected chi connectivity index (χ2v) is 9.40. The van der Waals surface area contributed by atoms with E-state index >= 15 is 0 Å². The molecule has 0 saturated carbocycles. The molecule has 1 amide bonds. The van der Waals surface area contributed by atoms with Gasteiger partial charge in [-0.2, -0.15) is 4.31 Å². The fraction of sp³-hybridized carbons (Fsp3) is 0.235. The van der Waals surface area contributed by atoms with Crippen LogP contribution in [-0.2, 0) is 14.8 Å². The molecular weight excluding hydrogens is 470 g/mol. The number of morpholine rings is 1. The number of carbonyl (C=O) groups excluding carboxylic acids is 1. The zero-order valence-corrected chi connectivity index (χ0v) is 18.1. The minimum atomic E-state index is -3.91. The topological polar surface area (TPSA) is 75.7 Å². The minimum Gasteiger partial charge on any atom is -0.379 e. The van der Waals surface area contributed by atoms with Gasteiger partial charge in [0.15, 0.2) is 0 Å². The van der Waals surface area contributed by atoms with E-state index in [1.807, 2.05) is 0 Å². The predicted molar refractivity (Wildman–Crippen MR) is 110 cm³/mol. The fourth-order valence-corrected chi connectivity index (χ4v) is 5.14. The van der Waals surface area contributed by atoms with Crippen molar-refractivity contribution in [1.29, 1.82) is 0 Å². The minimum absolute atomic E-state index is 0.0171. The standard InChI is InChI=1S/C17H14Cl4N2O4S/c18-12-2-1-10(7-14(12)20)22-17(24)11-8-16(15(21)9-13(11)19)28(25,26)23-3-5-27-6-4-23/h1-2,7-9H,3-6H2,(H,22,24). The molecule has 150 valence electrons. The zero-order chi connectivity index (χ0) is 20.5. The van der Waals surface area contributed by atoms with Crippen LogP contribution in [0.15, 0.2) is 35.2 Å². The zero-order valence-electron chi connectivity index (χ0n) is 14.2. The Morgan fingerprint density at radius 1 is 0.929 bits per heavy atom. The molecule has 0 aliphatic carbocycles. The summed E-state index contributed by atoms with van der Waals surface area (Å²) in [6.45, 7) is 0.975. The molecule has 0 unspecified atom stereocenters. The molecule has 0 spiro atoms. The maximum absolute atomic E-state index is 12.9. The van der Waals surface area contributed by atoms with E-state index in [1.165, 1.54) is 28.6 Å². The van der Waals surface area contributed by atoms with Crippen molar-refractivity contribution in [3.05, 3.63) is 56.0 Å². The van der Waals surface area contributed by atoms with Gasteiger partial charge in [-0.25, -0.2) is 8.42 Å². The summed E-state index contributed by atoms with van der Waals surface area (Å²) in [7, 11) is -3.91. The summed E-state index contributed by atoms with van der Waals surface area (Å²) < 4.78 is 32.3. The summed E-state index contributed by atoms with van der Waals surface area (Å²) in [6, 6.07) is 6.96. The molecule has 1 aliphatic heterocycles. The van der Waals surface area contributed by atoms with Crippen molar-refractivity contribution in [2.45, 2.75) is 4.90 Å². The number of nitrogens with zero attached hydrogens (tertiary/aromatic N) is 1. The van der Waals surface area contributed by atoms with Crippen LogP contribution in [0.4, 0.5) is 5.69 Å². The number of sulfonamides is 1. The van der Waals surface area contributed by atoms with Crippen molar-refractivity contribution in [3.63, 3.8) is 0 Å². The van der Waals surface area contributed by atoms with Crippen molar-refractivity contribution in [1.82, 2.24) is 4.31 Å². The van der Waals surface area contributed by atoms with Gasteiger partial charge in [-0.3, -0.25) is 4.79 Å². The summed E-state index contributed by atoms with van der Waals surface area (Å²) in [5, 5.41) is 3.15. The van der Waals surface area contributed by atoms with Crippen molar-refractivity contribution in [2.75, 3.05) is 31.6 Å². The number of amides is 1. The molecule has 6 nitrogen and oxygen atoms in total. The van der Waals surface area contributed by atoms with Gasteiger partial charge in [0.2, 0.25) is 10.0 Å². The Morgan fingerprint density at radius 3 is 2.25 bits per heavy atom. The first-order chi connectivity index (χ1) is 13.2. The van der Waals surface area contributed by atoms with E-state index in [-0.39, 0.29) is 51.8 Å². The first-order valence-electron chi connectivity index (χ1n) is 8.03. The molecule has 0 bridgehead atoms. The van der Waals surface area contributed by atoms with E-state index in [0.717, 1.165) is 0 Å². The van der Waals surface area contributed by atoms with Crippen molar-refractivity contribution < 1.29 is 17.9 Å². The van der Waals surface area contributed by atoms with E-state index in [0.29, 0.717) is 10.7 Å². The highest BCUT2D eigenvalue weighted by atomic mass is 35.5. The average molecular weight is 484 g/mol. The lowest BCUT2D eigenvalue weighted by Crippen LogP contribution is -2.40. The van der Waals surface area contributed by atoms with Crippen molar-refractivity contribution in [3.8, 4) is 0 Å². The Balaban J connectivity index is 1.94. The number of anilines is 1. The third kappa shape index (κ3) is 4.57. The van der Waals surface area contributed by atoms with Crippen LogP contribution in [0.2, 0.25) is 20.1 Å². The molecule has 3 rings (SSSR count). The highest BCUT2D eigenvalue weighted by Crippen LogP contribution is 2.32. The highest BCUT2D eigenvalue weighted by molar-refractivity contribution is 7.89. The molecule has 28 heavy (non-hydrogen) atoms. The second kappa shape index (κ2) is 8.75. The third-order valence-electron chi connectivity index (χ3n) is 4.03. The maximum atomic E-state index is 12.9. The lowest BCUT2D eigenvalue weighted by molar-refractivity contribution is 0.0730. The third-order valence-corrected chi connectivity index (χ3v) is 7.45. The molecule has 0 atom stereocenters. The largest absolute Gasteiger partial charge is 0.379 e. The summed E-state index contributed by atoms with van der Waals surface area (Å²) in [6.07, 6.45) is 0. The molecular formula is C17H14Cl4N2O4S. The number of nitrogens with one attached hydrogen (secondary N) is 1. The summed E-state index contributed by atoms with van der Waals surface area (Å²) >= 11 is 24.1. The van der Waals surface area contributed by atoms with Crippen LogP contribution in [-0.4, -0.2) is 44.9 Å². The summed E-state index contributed by atoms with van der Waals surface area (Å²) in [5.41, 5.74) is 0.340. The average Bonchev–Trinajstić information content (AvgIpc) is 2.65. The smallest absolute Gasteiger partial charge is 0.257 e. The summed E-state index contributed by atoms with van der Waals surface area (Å²) in [5.74, 6) is -0.613. The van der Waals surface area contributed by atoms with E-state index in [1.54, 1.807) is 6.07 Å². The monoisotopic (exact) mass is 482 g/mol. The molecule has 1 aliphatic rings. The van der Waals surface area contributed by atoms with E-state index < -0.39 is 15.9 Å². The number of benzene rings is 2. The van der Waals surface area contributed by atoms with Gasteiger partial charge in [-0.1, -0.05) is 46.4 Å². The molecule has 2 aromatic rings. The van der Waals surface area contributed by atoms with E-state index in [2.05, 4.69) is 5.32 Å². The highest BCUT2D eigenvalue weighted by Gasteiger charge is 2.30. The molecule has 2 aromatic carbocycles. The van der Waals surface area contributed by atoms with Gasteiger partial charge in [0.1, 0.15) is 4.90 Å². The lowest BCUT2D eigenvalue weighted by atomic mass is 10.2. The summed E-state index contributed by atoms with van der Waals surface area (Å²) in [4.78, 5) is 12.5. The predicted octanol–water partition coefficient (Wildman–Crippen LogP) is 4.57. The fourth-order valence-electron chi connectivity index (χ4n) is 2.60. The lowest BCUT2D eigenvalue weighted by Gasteiger charge is -2.26. The van der Waals surface area contributed by atoms with Gasteiger partial charge in [0, 0.05) is 18.8 Å². The Bertz CT molecular complexity index is 1020. The van der Waals surface area contributed by atoms with E-state index in [9.17, 15) is 13.2 Å². The quantitative estimate of drug-likeness (QED) is 0.690. The molecule has 1 fully saturated rings. The first-order valence-corrected chi connectivity index (χ1v) is 11.0. The van der Waals surface area contributed by atoms with Gasteiger partial charge in [0.25, 0.3) is 5.91 Å². The Morgan fingerprint density at radius 2 is 1.61 bits per heavy atom. The van der Waals surface area contributed by atoms with Crippen molar-refractivity contribution >= 4 is 68.0 Å². The van der Waals surface area contributed by atoms with Gasteiger partial charge in [-0.05, 0) is 30.3 Å². The molecule has 1 heterocycles. The normalized spacial score (nSPS) is 15.4. The Hall–Kier alpha value is -1.06.